The average Bonchev–Trinajstić information content (AvgIpc) is 2.61. The molecule has 4 heteroatoms. The van der Waals surface area contributed by atoms with Crippen molar-refractivity contribution in [1.29, 1.82) is 0 Å². The Morgan fingerprint density at radius 1 is 0.737 bits per heavy atom. The molecule has 94 valence electrons. The van der Waals surface area contributed by atoms with E-state index in [1.165, 1.54) is 6.07 Å². The zero-order valence-electron chi connectivity index (χ0n) is 9.83. The highest BCUT2D eigenvalue weighted by Crippen LogP contribution is 2.35. The molecule has 0 aliphatic heterocycles. The molecule has 0 amide bonds. The maximum atomic E-state index is 12.0. The van der Waals surface area contributed by atoms with Crippen LogP contribution in [0.25, 0.3) is 11.1 Å². The van der Waals surface area contributed by atoms with Crippen LogP contribution in [-0.2, 0) is 0 Å². The highest BCUT2D eigenvalue weighted by Gasteiger charge is 2.51. The van der Waals surface area contributed by atoms with E-state index in [-0.39, 0.29) is 11.1 Å². The van der Waals surface area contributed by atoms with Gasteiger partial charge in [-0.15, -0.1) is 0 Å². The van der Waals surface area contributed by atoms with Crippen LogP contribution in [0, 0.1) is 0 Å². The fourth-order valence-corrected chi connectivity index (χ4v) is 2.31. The number of ketones is 2. The quantitative estimate of drug-likeness (QED) is 0.596. The van der Waals surface area contributed by atoms with Gasteiger partial charge in [0.05, 0.1) is 0 Å². The van der Waals surface area contributed by atoms with Gasteiger partial charge in [0.1, 0.15) is 0 Å². The number of carbonyl (C=O) groups excluding carboxylic acids is 2. The maximum absolute atomic E-state index is 12.0. The van der Waals surface area contributed by atoms with Gasteiger partial charge in [0, 0.05) is 11.1 Å². The highest BCUT2D eigenvalue weighted by atomic mass is 16.5. The number of carbonyl (C=O) groups is 2. The van der Waals surface area contributed by atoms with Crippen LogP contribution in [0.15, 0.2) is 48.5 Å². The number of Topliss-reactive ketones (excluding diaryl/α,β-unsaturated/α-hetero) is 2. The second-order valence-electron chi connectivity index (χ2n) is 4.42. The van der Waals surface area contributed by atoms with E-state index in [1.807, 2.05) is 6.07 Å². The molecular formula is C15H10O4. The fraction of sp³-hybridized carbons (Fsp3) is 0.0667. The number of hydrogen-bond acceptors (Lipinski definition) is 4. The molecule has 4 nitrogen and oxygen atoms in total. The smallest absolute Gasteiger partial charge is 0.295 e. The van der Waals surface area contributed by atoms with Crippen LogP contribution in [-0.4, -0.2) is 27.6 Å². The minimum Gasteiger partial charge on any atom is -0.353 e. The van der Waals surface area contributed by atoms with Gasteiger partial charge in [0.25, 0.3) is 5.79 Å². The second kappa shape index (κ2) is 3.85. The van der Waals surface area contributed by atoms with Crippen molar-refractivity contribution in [2.75, 3.05) is 0 Å². The first-order valence-corrected chi connectivity index (χ1v) is 5.76. The summed E-state index contributed by atoms with van der Waals surface area (Å²) < 4.78 is 0. The Hall–Kier alpha value is -2.30. The van der Waals surface area contributed by atoms with Crippen LogP contribution in [0.3, 0.4) is 0 Å². The summed E-state index contributed by atoms with van der Waals surface area (Å²) in [6.45, 7) is 0. The van der Waals surface area contributed by atoms with Crippen molar-refractivity contribution >= 4 is 11.6 Å². The predicted octanol–water partition coefficient (Wildman–Crippen LogP) is 1.41. The minimum absolute atomic E-state index is 0.0522. The SMILES string of the molecule is O=C1c2cccc(-c3ccccc3)c2C(=O)C1(O)O. The predicted molar refractivity (Wildman–Crippen MR) is 67.7 cm³/mol. The minimum atomic E-state index is -2.94. The lowest BCUT2D eigenvalue weighted by Crippen LogP contribution is -2.40. The molecule has 0 aromatic heterocycles. The number of aliphatic hydroxyl groups is 2. The molecule has 2 aromatic carbocycles. The first kappa shape index (κ1) is 11.8. The third kappa shape index (κ3) is 1.54. The normalized spacial score (nSPS) is 16.5. The Labute approximate surface area is 108 Å². The lowest BCUT2D eigenvalue weighted by atomic mass is 9.96. The van der Waals surface area contributed by atoms with E-state index in [0.717, 1.165) is 5.56 Å². The Balaban J connectivity index is 2.29. The van der Waals surface area contributed by atoms with Gasteiger partial charge >= 0.3 is 0 Å². The molecule has 0 fully saturated rings. The Morgan fingerprint density at radius 2 is 1.37 bits per heavy atom. The van der Waals surface area contributed by atoms with Gasteiger partial charge < -0.3 is 10.2 Å². The third-order valence-electron chi connectivity index (χ3n) is 3.25. The van der Waals surface area contributed by atoms with Crippen LogP contribution < -0.4 is 0 Å². The van der Waals surface area contributed by atoms with Crippen molar-refractivity contribution in [2.45, 2.75) is 5.79 Å². The van der Waals surface area contributed by atoms with Gasteiger partial charge in [-0.3, -0.25) is 9.59 Å². The van der Waals surface area contributed by atoms with Crippen LogP contribution in [0.2, 0.25) is 0 Å². The van der Waals surface area contributed by atoms with E-state index in [1.54, 1.807) is 36.4 Å². The summed E-state index contributed by atoms with van der Waals surface area (Å²) in [5, 5.41) is 19.2. The summed E-state index contributed by atoms with van der Waals surface area (Å²) >= 11 is 0. The van der Waals surface area contributed by atoms with Crippen molar-refractivity contribution < 1.29 is 19.8 Å². The van der Waals surface area contributed by atoms with E-state index in [2.05, 4.69) is 0 Å². The van der Waals surface area contributed by atoms with E-state index in [4.69, 9.17) is 0 Å². The zero-order valence-corrected chi connectivity index (χ0v) is 9.83. The first-order chi connectivity index (χ1) is 9.03. The molecule has 0 radical (unpaired) electrons. The lowest BCUT2D eigenvalue weighted by molar-refractivity contribution is -0.0857. The van der Waals surface area contributed by atoms with Gasteiger partial charge in [-0.25, -0.2) is 0 Å². The molecule has 19 heavy (non-hydrogen) atoms. The number of hydrogen-bond donors (Lipinski definition) is 2. The molecule has 1 aliphatic rings. The monoisotopic (exact) mass is 254 g/mol. The summed E-state index contributed by atoms with van der Waals surface area (Å²) in [5.41, 5.74) is 1.40. The molecule has 1 aliphatic carbocycles. The molecular weight excluding hydrogens is 244 g/mol. The van der Waals surface area contributed by atoms with Crippen molar-refractivity contribution in [2.24, 2.45) is 0 Å². The van der Waals surface area contributed by atoms with E-state index < -0.39 is 17.4 Å². The lowest BCUT2D eigenvalue weighted by Gasteiger charge is -2.10. The van der Waals surface area contributed by atoms with Crippen molar-refractivity contribution in [3.8, 4) is 11.1 Å². The molecule has 2 aromatic rings. The number of fused-ring (bicyclic) bond motifs is 1. The van der Waals surface area contributed by atoms with Crippen LogP contribution in [0.1, 0.15) is 20.7 Å². The van der Waals surface area contributed by atoms with E-state index in [0.29, 0.717) is 5.56 Å². The number of benzene rings is 2. The van der Waals surface area contributed by atoms with E-state index in [9.17, 15) is 19.8 Å². The fourth-order valence-electron chi connectivity index (χ4n) is 2.31. The van der Waals surface area contributed by atoms with Crippen LogP contribution in [0.4, 0.5) is 0 Å². The summed E-state index contributed by atoms with van der Waals surface area (Å²) in [6.07, 6.45) is 0. The van der Waals surface area contributed by atoms with Gasteiger partial charge in [-0.05, 0) is 11.1 Å². The third-order valence-corrected chi connectivity index (χ3v) is 3.25. The van der Waals surface area contributed by atoms with Crippen LogP contribution in [0.5, 0.6) is 0 Å². The molecule has 2 N–H and O–H groups in total. The Morgan fingerprint density at radius 3 is 2.05 bits per heavy atom. The summed E-state index contributed by atoms with van der Waals surface area (Å²) in [4.78, 5) is 23.8. The summed E-state index contributed by atoms with van der Waals surface area (Å²) in [7, 11) is 0. The number of rotatable bonds is 1. The van der Waals surface area contributed by atoms with E-state index >= 15 is 0 Å². The van der Waals surface area contributed by atoms with Crippen LogP contribution >= 0.6 is 0 Å². The topological polar surface area (TPSA) is 74.6 Å². The maximum Gasteiger partial charge on any atom is 0.295 e. The van der Waals surface area contributed by atoms with Crippen molar-refractivity contribution in [3.63, 3.8) is 0 Å². The molecule has 0 heterocycles. The van der Waals surface area contributed by atoms with Gasteiger partial charge in [0.2, 0.25) is 11.6 Å². The van der Waals surface area contributed by atoms with Gasteiger partial charge in [-0.1, -0.05) is 48.5 Å². The zero-order chi connectivity index (χ0) is 13.6. The Bertz CT molecular complexity index is 687. The second-order valence-corrected chi connectivity index (χ2v) is 4.42. The highest BCUT2D eigenvalue weighted by molar-refractivity contribution is 6.32. The molecule has 0 spiro atoms. The molecule has 0 saturated heterocycles. The first-order valence-electron chi connectivity index (χ1n) is 5.76. The average molecular weight is 254 g/mol. The van der Waals surface area contributed by atoms with Crippen molar-refractivity contribution in [3.05, 3.63) is 59.7 Å². The molecule has 0 saturated carbocycles. The summed E-state index contributed by atoms with van der Waals surface area (Å²) in [5.74, 6) is -4.87. The standard InChI is InChI=1S/C15H10O4/c16-13-11-8-4-7-10(9-5-2-1-3-6-9)12(11)14(17)15(13,18)19/h1-8,18-19H. The largest absolute Gasteiger partial charge is 0.353 e. The Kier molecular flexibility index (Phi) is 2.38. The van der Waals surface area contributed by atoms with Crippen molar-refractivity contribution in [1.82, 2.24) is 0 Å². The molecule has 0 unspecified atom stereocenters. The van der Waals surface area contributed by atoms with Gasteiger partial charge in [-0.2, -0.15) is 0 Å². The molecule has 3 rings (SSSR count). The van der Waals surface area contributed by atoms with Gasteiger partial charge in [0.15, 0.2) is 0 Å². The molecule has 0 atom stereocenters. The molecule has 0 bridgehead atoms. The summed E-state index contributed by atoms with van der Waals surface area (Å²) in [6, 6.07) is 13.8.